The summed E-state index contributed by atoms with van der Waals surface area (Å²) in [6.45, 7) is 17.1. The standard InChI is InChI=1S/C18H30O3S.C14H32N/c1-2-3-4-5-6-7-8-9-10-14-17-21-22(19,20)18-15-12-11-13-16-18;1-5-9-10-11-12-13-14-15(6-2,7-3)8-4/h11-13,15-16H,2-10,14,17H2,1H3;5-14H2,1-4H3/q;+1. The molecule has 0 radical (unpaired) electrons. The molecule has 1 aromatic rings. The van der Waals surface area contributed by atoms with Crippen molar-refractivity contribution in [3.63, 3.8) is 0 Å². The molecule has 0 aliphatic rings. The first kappa shape index (κ1) is 36.1. The quantitative estimate of drug-likeness (QED) is 0.0788. The Labute approximate surface area is 232 Å². The maximum atomic E-state index is 11.9. The zero-order valence-electron chi connectivity index (χ0n) is 25.3. The molecule has 0 aliphatic carbocycles. The number of rotatable bonds is 23. The molecule has 37 heavy (non-hydrogen) atoms. The van der Waals surface area contributed by atoms with Crippen LogP contribution < -0.4 is 0 Å². The molecule has 0 unspecified atom stereocenters. The fraction of sp³-hybridized carbons (Fsp3) is 0.812. The van der Waals surface area contributed by atoms with Crippen molar-refractivity contribution in [2.75, 3.05) is 32.8 Å². The molecule has 0 saturated carbocycles. The number of nitrogens with zero attached hydrogens (tertiary/aromatic N) is 1. The number of quaternary nitrogens is 1. The van der Waals surface area contributed by atoms with Crippen LogP contribution in [0.25, 0.3) is 0 Å². The van der Waals surface area contributed by atoms with Crippen molar-refractivity contribution >= 4 is 10.1 Å². The summed E-state index contributed by atoms with van der Waals surface area (Å²) in [6, 6.07) is 8.33. The van der Waals surface area contributed by atoms with Crippen LogP contribution in [0.15, 0.2) is 35.2 Å². The second kappa shape index (κ2) is 24.2. The van der Waals surface area contributed by atoms with Gasteiger partial charge in [-0.25, -0.2) is 0 Å². The van der Waals surface area contributed by atoms with Crippen LogP contribution in [-0.2, 0) is 14.3 Å². The van der Waals surface area contributed by atoms with Gasteiger partial charge < -0.3 is 4.48 Å². The summed E-state index contributed by atoms with van der Waals surface area (Å²) in [5.41, 5.74) is 0. The smallest absolute Gasteiger partial charge is 0.296 e. The van der Waals surface area contributed by atoms with Crippen LogP contribution in [0, 0.1) is 0 Å². The van der Waals surface area contributed by atoms with Crippen molar-refractivity contribution in [2.45, 2.75) is 142 Å². The van der Waals surface area contributed by atoms with Gasteiger partial charge in [0.2, 0.25) is 0 Å². The minimum Gasteiger partial charge on any atom is -0.324 e. The average molecular weight is 541 g/mol. The SMILES string of the molecule is CCCCCCCCCCCCOS(=O)(=O)c1ccccc1.CCCCCCCC[N+](CC)(CC)CC. The van der Waals surface area contributed by atoms with Crippen molar-refractivity contribution in [2.24, 2.45) is 0 Å². The Morgan fingerprint density at radius 2 is 0.973 bits per heavy atom. The molecule has 4 nitrogen and oxygen atoms in total. The maximum absolute atomic E-state index is 11.9. The van der Waals surface area contributed by atoms with Gasteiger partial charge in [0.1, 0.15) is 0 Å². The van der Waals surface area contributed by atoms with E-state index in [1.165, 1.54) is 121 Å². The van der Waals surface area contributed by atoms with E-state index < -0.39 is 10.1 Å². The van der Waals surface area contributed by atoms with Crippen molar-refractivity contribution in [3.05, 3.63) is 30.3 Å². The molecule has 0 spiro atoms. The number of benzene rings is 1. The molecule has 0 bridgehead atoms. The van der Waals surface area contributed by atoms with Crippen LogP contribution in [0.5, 0.6) is 0 Å². The van der Waals surface area contributed by atoms with Crippen molar-refractivity contribution in [1.29, 1.82) is 0 Å². The second-order valence-corrected chi connectivity index (χ2v) is 12.2. The van der Waals surface area contributed by atoms with E-state index in [2.05, 4.69) is 34.6 Å². The summed E-state index contributed by atoms with van der Waals surface area (Å²) in [5, 5.41) is 0. The van der Waals surface area contributed by atoms with E-state index in [9.17, 15) is 8.42 Å². The van der Waals surface area contributed by atoms with E-state index >= 15 is 0 Å². The van der Waals surface area contributed by atoms with Crippen LogP contribution in [0.3, 0.4) is 0 Å². The van der Waals surface area contributed by atoms with Crippen LogP contribution in [0.1, 0.15) is 137 Å². The van der Waals surface area contributed by atoms with Gasteiger partial charge in [-0.3, -0.25) is 4.18 Å². The molecule has 0 heterocycles. The Bertz CT molecular complexity index is 694. The molecule has 0 fully saturated rings. The predicted octanol–water partition coefficient (Wildman–Crippen LogP) is 9.54. The van der Waals surface area contributed by atoms with Gasteiger partial charge >= 0.3 is 0 Å². The Balaban J connectivity index is 0.000000757. The number of hydrogen-bond donors (Lipinski definition) is 0. The molecule has 218 valence electrons. The molecular weight excluding hydrogens is 478 g/mol. The van der Waals surface area contributed by atoms with Gasteiger partial charge in [-0.1, -0.05) is 116 Å². The third-order valence-electron chi connectivity index (χ3n) is 7.77. The normalized spacial score (nSPS) is 11.8. The summed E-state index contributed by atoms with van der Waals surface area (Å²) in [7, 11) is -3.57. The monoisotopic (exact) mass is 540 g/mol. The molecule has 0 aromatic heterocycles. The highest BCUT2D eigenvalue weighted by molar-refractivity contribution is 7.86. The number of hydrogen-bond acceptors (Lipinski definition) is 3. The number of unbranched alkanes of at least 4 members (excludes halogenated alkanes) is 14. The highest BCUT2D eigenvalue weighted by Crippen LogP contribution is 2.14. The molecule has 0 N–H and O–H groups in total. The van der Waals surface area contributed by atoms with Gasteiger partial charge in [0.25, 0.3) is 10.1 Å². The average Bonchev–Trinajstić information content (AvgIpc) is 2.92. The minimum absolute atomic E-state index is 0.238. The summed E-state index contributed by atoms with van der Waals surface area (Å²) in [4.78, 5) is 0.238. The topological polar surface area (TPSA) is 43.4 Å². The van der Waals surface area contributed by atoms with Crippen molar-refractivity contribution < 1.29 is 17.1 Å². The Morgan fingerprint density at radius 1 is 0.568 bits per heavy atom. The van der Waals surface area contributed by atoms with Crippen LogP contribution in [-0.4, -0.2) is 45.7 Å². The van der Waals surface area contributed by atoms with Crippen molar-refractivity contribution in [3.8, 4) is 0 Å². The minimum atomic E-state index is -3.57. The first-order chi connectivity index (χ1) is 17.9. The fourth-order valence-electron chi connectivity index (χ4n) is 4.79. The van der Waals surface area contributed by atoms with Crippen molar-refractivity contribution in [1.82, 2.24) is 0 Å². The van der Waals surface area contributed by atoms with E-state index in [0.29, 0.717) is 0 Å². The Morgan fingerprint density at radius 3 is 1.41 bits per heavy atom. The van der Waals surface area contributed by atoms with Gasteiger partial charge in [0.05, 0.1) is 37.7 Å². The zero-order chi connectivity index (χ0) is 27.7. The lowest BCUT2D eigenvalue weighted by molar-refractivity contribution is -0.923. The van der Waals surface area contributed by atoms with E-state index in [1.807, 2.05) is 0 Å². The predicted molar refractivity (Wildman–Crippen MR) is 162 cm³/mol. The second-order valence-electron chi connectivity index (χ2n) is 10.6. The molecule has 5 heteroatoms. The largest absolute Gasteiger partial charge is 0.324 e. The van der Waals surface area contributed by atoms with Crippen LogP contribution >= 0.6 is 0 Å². The fourth-order valence-corrected chi connectivity index (χ4v) is 5.75. The van der Waals surface area contributed by atoms with Gasteiger partial charge in [0.15, 0.2) is 0 Å². The summed E-state index contributed by atoms with van der Waals surface area (Å²) >= 11 is 0. The molecule has 0 saturated heterocycles. The molecule has 0 amide bonds. The van der Waals surface area contributed by atoms with Gasteiger partial charge in [-0.15, -0.1) is 0 Å². The lowest BCUT2D eigenvalue weighted by Gasteiger charge is -2.35. The van der Waals surface area contributed by atoms with Crippen LogP contribution in [0.2, 0.25) is 0 Å². The molecule has 0 atom stereocenters. The first-order valence-electron chi connectivity index (χ1n) is 15.7. The van der Waals surface area contributed by atoms with Gasteiger partial charge in [0, 0.05) is 0 Å². The summed E-state index contributed by atoms with van der Waals surface area (Å²) < 4.78 is 30.1. The van der Waals surface area contributed by atoms with Gasteiger partial charge in [-0.05, 0) is 52.2 Å². The Kier molecular flexibility index (Phi) is 23.6. The Hall–Kier alpha value is -0.910. The van der Waals surface area contributed by atoms with E-state index in [4.69, 9.17) is 4.18 Å². The zero-order valence-corrected chi connectivity index (χ0v) is 26.1. The van der Waals surface area contributed by atoms with Crippen LogP contribution in [0.4, 0.5) is 0 Å². The van der Waals surface area contributed by atoms with E-state index in [1.54, 1.807) is 30.3 Å². The maximum Gasteiger partial charge on any atom is 0.296 e. The third kappa shape index (κ3) is 18.9. The molecule has 0 aliphatic heterocycles. The summed E-state index contributed by atoms with van der Waals surface area (Å²) in [6.07, 6.45) is 20.8. The molecular formula is C32H62NO3S+. The molecule has 1 rings (SSSR count). The van der Waals surface area contributed by atoms with E-state index in [-0.39, 0.29) is 11.5 Å². The lowest BCUT2D eigenvalue weighted by atomic mass is 10.1. The first-order valence-corrected chi connectivity index (χ1v) is 17.1. The highest BCUT2D eigenvalue weighted by Gasteiger charge is 2.19. The summed E-state index contributed by atoms with van der Waals surface area (Å²) in [5.74, 6) is 0. The third-order valence-corrected chi connectivity index (χ3v) is 9.09. The molecule has 1 aromatic carbocycles. The highest BCUT2D eigenvalue weighted by atomic mass is 32.2. The van der Waals surface area contributed by atoms with Gasteiger partial charge in [-0.2, -0.15) is 8.42 Å². The van der Waals surface area contributed by atoms with E-state index in [0.717, 1.165) is 12.8 Å². The lowest BCUT2D eigenvalue weighted by Crippen LogP contribution is -2.48.